The molecule has 0 aliphatic rings. The van der Waals surface area contributed by atoms with Gasteiger partial charge in [-0.2, -0.15) is 0 Å². The van der Waals surface area contributed by atoms with Crippen LogP contribution < -0.4 is 10.1 Å². The fraction of sp³-hybridized carbons (Fsp3) is 0.222. The standard InChI is InChI=1S/C18H17N3O4S2/c1-2-24-16(22)7-13-10-27-18(20-13)21-17(23)12-3-5-15(6-4-12)25-8-14-9-26-11-19-14/h3-6,9-11H,2,7-8H2,1H3,(H,20,21,23). The van der Waals surface area contributed by atoms with Crippen molar-refractivity contribution in [3.63, 3.8) is 0 Å². The first-order valence-corrected chi connectivity index (χ1v) is 9.97. The number of benzene rings is 1. The van der Waals surface area contributed by atoms with Crippen LogP contribution in [0.3, 0.4) is 0 Å². The molecule has 2 aromatic heterocycles. The lowest BCUT2D eigenvalue weighted by Gasteiger charge is -2.06. The first kappa shape index (κ1) is 19.0. The molecule has 0 bridgehead atoms. The predicted molar refractivity (Wildman–Crippen MR) is 103 cm³/mol. The quantitative estimate of drug-likeness (QED) is 0.579. The van der Waals surface area contributed by atoms with Crippen LogP contribution in [0.15, 0.2) is 40.5 Å². The van der Waals surface area contributed by atoms with Gasteiger partial charge < -0.3 is 9.47 Å². The van der Waals surface area contributed by atoms with Crippen LogP contribution in [0.25, 0.3) is 0 Å². The van der Waals surface area contributed by atoms with E-state index >= 15 is 0 Å². The Morgan fingerprint density at radius 3 is 2.67 bits per heavy atom. The highest BCUT2D eigenvalue weighted by Crippen LogP contribution is 2.19. The minimum absolute atomic E-state index is 0.0885. The summed E-state index contributed by atoms with van der Waals surface area (Å²) in [6, 6.07) is 6.82. The van der Waals surface area contributed by atoms with Crippen molar-refractivity contribution < 1.29 is 19.1 Å². The third kappa shape index (κ3) is 5.60. The highest BCUT2D eigenvalue weighted by Gasteiger charge is 2.12. The van der Waals surface area contributed by atoms with Crippen LogP contribution in [0, 0.1) is 0 Å². The number of nitrogens with zero attached hydrogens (tertiary/aromatic N) is 2. The molecule has 0 aliphatic carbocycles. The van der Waals surface area contributed by atoms with Crippen molar-refractivity contribution in [3.05, 3.63) is 57.5 Å². The van der Waals surface area contributed by atoms with E-state index in [4.69, 9.17) is 9.47 Å². The number of hydrogen-bond acceptors (Lipinski definition) is 8. The van der Waals surface area contributed by atoms with Gasteiger partial charge in [0.05, 0.1) is 29.9 Å². The molecule has 0 saturated heterocycles. The number of thiazole rings is 2. The van der Waals surface area contributed by atoms with Crippen molar-refractivity contribution in [1.29, 1.82) is 0 Å². The van der Waals surface area contributed by atoms with E-state index in [1.165, 1.54) is 22.7 Å². The number of rotatable bonds is 8. The maximum Gasteiger partial charge on any atom is 0.311 e. The number of hydrogen-bond donors (Lipinski definition) is 1. The molecule has 3 aromatic rings. The van der Waals surface area contributed by atoms with E-state index in [2.05, 4.69) is 15.3 Å². The Kier molecular flexibility index (Phi) is 6.50. The Morgan fingerprint density at radius 2 is 1.96 bits per heavy atom. The molecule has 27 heavy (non-hydrogen) atoms. The number of amides is 1. The summed E-state index contributed by atoms with van der Waals surface area (Å²) in [5, 5.41) is 6.80. The lowest BCUT2D eigenvalue weighted by molar-refractivity contribution is -0.142. The summed E-state index contributed by atoms with van der Waals surface area (Å²) in [5.74, 6) is 0.0394. The molecule has 140 valence electrons. The molecule has 0 fully saturated rings. The zero-order valence-corrected chi connectivity index (χ0v) is 16.1. The van der Waals surface area contributed by atoms with E-state index in [0.29, 0.717) is 35.4 Å². The zero-order chi connectivity index (χ0) is 19.1. The van der Waals surface area contributed by atoms with E-state index < -0.39 is 0 Å². The molecule has 3 rings (SSSR count). The first-order valence-electron chi connectivity index (χ1n) is 8.15. The lowest BCUT2D eigenvalue weighted by Crippen LogP contribution is -2.12. The van der Waals surface area contributed by atoms with Gasteiger partial charge in [-0.25, -0.2) is 9.97 Å². The van der Waals surface area contributed by atoms with E-state index in [1.807, 2.05) is 5.38 Å². The molecule has 0 aliphatic heterocycles. The molecular formula is C18H17N3O4S2. The van der Waals surface area contributed by atoms with Gasteiger partial charge in [0.25, 0.3) is 5.91 Å². The number of aromatic nitrogens is 2. The van der Waals surface area contributed by atoms with Crippen molar-refractivity contribution in [2.24, 2.45) is 0 Å². The van der Waals surface area contributed by atoms with Crippen LogP contribution in [0.5, 0.6) is 5.75 Å². The van der Waals surface area contributed by atoms with E-state index in [-0.39, 0.29) is 18.3 Å². The van der Waals surface area contributed by atoms with Crippen LogP contribution in [-0.2, 0) is 22.6 Å². The third-order valence-corrected chi connectivity index (χ3v) is 4.83. The van der Waals surface area contributed by atoms with E-state index in [0.717, 1.165) is 5.69 Å². The highest BCUT2D eigenvalue weighted by atomic mass is 32.1. The van der Waals surface area contributed by atoms with Crippen molar-refractivity contribution in [2.75, 3.05) is 11.9 Å². The van der Waals surface area contributed by atoms with Gasteiger partial charge in [-0.1, -0.05) is 0 Å². The van der Waals surface area contributed by atoms with Crippen LogP contribution in [0.1, 0.15) is 28.7 Å². The Morgan fingerprint density at radius 1 is 1.15 bits per heavy atom. The smallest absolute Gasteiger partial charge is 0.311 e. The Bertz CT molecular complexity index is 892. The molecule has 1 amide bonds. The fourth-order valence-electron chi connectivity index (χ4n) is 2.14. The Hall–Kier alpha value is -2.78. The van der Waals surface area contributed by atoms with Gasteiger partial charge in [-0.05, 0) is 31.2 Å². The van der Waals surface area contributed by atoms with Gasteiger partial charge >= 0.3 is 5.97 Å². The molecule has 0 saturated carbocycles. The van der Waals surface area contributed by atoms with E-state index in [1.54, 1.807) is 42.1 Å². The molecule has 7 nitrogen and oxygen atoms in total. The monoisotopic (exact) mass is 403 g/mol. The largest absolute Gasteiger partial charge is 0.487 e. The fourth-order valence-corrected chi connectivity index (χ4v) is 3.39. The molecule has 1 aromatic carbocycles. The summed E-state index contributed by atoms with van der Waals surface area (Å²) in [6.07, 6.45) is 0.0885. The number of anilines is 1. The Labute approximate surface area is 164 Å². The van der Waals surface area contributed by atoms with Crippen molar-refractivity contribution >= 4 is 39.7 Å². The normalized spacial score (nSPS) is 10.4. The summed E-state index contributed by atoms with van der Waals surface area (Å²) in [7, 11) is 0. The second-order valence-electron chi connectivity index (χ2n) is 5.37. The number of nitrogens with one attached hydrogen (secondary N) is 1. The number of carbonyl (C=O) groups is 2. The van der Waals surface area contributed by atoms with Crippen molar-refractivity contribution in [1.82, 2.24) is 9.97 Å². The molecule has 0 spiro atoms. The molecule has 1 N–H and O–H groups in total. The average Bonchev–Trinajstić information content (AvgIpc) is 3.33. The molecular weight excluding hydrogens is 386 g/mol. The first-order chi connectivity index (χ1) is 13.1. The van der Waals surface area contributed by atoms with Crippen LogP contribution in [-0.4, -0.2) is 28.5 Å². The van der Waals surface area contributed by atoms with Crippen LogP contribution >= 0.6 is 22.7 Å². The second-order valence-corrected chi connectivity index (χ2v) is 6.95. The Balaban J connectivity index is 1.53. The van der Waals surface area contributed by atoms with Crippen LogP contribution in [0.2, 0.25) is 0 Å². The molecule has 9 heteroatoms. The summed E-state index contributed by atoms with van der Waals surface area (Å²) in [6.45, 7) is 2.47. The maximum atomic E-state index is 12.3. The lowest BCUT2D eigenvalue weighted by atomic mass is 10.2. The molecule has 0 unspecified atom stereocenters. The molecule has 2 heterocycles. The van der Waals surface area contributed by atoms with Gasteiger partial charge in [-0.15, -0.1) is 22.7 Å². The minimum Gasteiger partial charge on any atom is -0.487 e. The summed E-state index contributed by atoms with van der Waals surface area (Å²) < 4.78 is 10.5. The molecule has 0 atom stereocenters. The zero-order valence-electron chi connectivity index (χ0n) is 14.5. The van der Waals surface area contributed by atoms with E-state index in [9.17, 15) is 9.59 Å². The summed E-state index contributed by atoms with van der Waals surface area (Å²) in [5.41, 5.74) is 3.67. The van der Waals surface area contributed by atoms with Gasteiger partial charge in [0.15, 0.2) is 5.13 Å². The maximum absolute atomic E-state index is 12.3. The number of esters is 1. The van der Waals surface area contributed by atoms with Crippen molar-refractivity contribution in [3.8, 4) is 5.75 Å². The average molecular weight is 403 g/mol. The van der Waals surface area contributed by atoms with Gasteiger partial charge in [0.2, 0.25) is 0 Å². The number of ether oxygens (including phenoxy) is 2. The number of carbonyl (C=O) groups excluding carboxylic acids is 2. The minimum atomic E-state index is -0.339. The van der Waals surface area contributed by atoms with Gasteiger partial charge in [-0.3, -0.25) is 14.9 Å². The molecule has 0 radical (unpaired) electrons. The summed E-state index contributed by atoms with van der Waals surface area (Å²) in [4.78, 5) is 32.2. The van der Waals surface area contributed by atoms with Gasteiger partial charge in [0.1, 0.15) is 12.4 Å². The third-order valence-electron chi connectivity index (χ3n) is 3.39. The summed E-state index contributed by atoms with van der Waals surface area (Å²) >= 11 is 2.78. The van der Waals surface area contributed by atoms with Crippen LogP contribution in [0.4, 0.5) is 5.13 Å². The highest BCUT2D eigenvalue weighted by molar-refractivity contribution is 7.14. The predicted octanol–water partition coefficient (Wildman–Crippen LogP) is 3.54. The van der Waals surface area contributed by atoms with Gasteiger partial charge in [0, 0.05) is 16.3 Å². The second kappa shape index (κ2) is 9.24. The van der Waals surface area contributed by atoms with Crippen molar-refractivity contribution in [2.45, 2.75) is 20.0 Å². The SMILES string of the molecule is CCOC(=O)Cc1csc(NC(=O)c2ccc(OCc3cscn3)cc2)n1. The topological polar surface area (TPSA) is 90.4 Å².